The predicted octanol–water partition coefficient (Wildman–Crippen LogP) is 1.61. The lowest BCUT2D eigenvalue weighted by Gasteiger charge is -2.33. The molecular formula is C17H29N5O. The molecule has 1 aromatic heterocycles. The van der Waals surface area contributed by atoms with Crippen LogP contribution in [0.5, 0.6) is 0 Å². The van der Waals surface area contributed by atoms with Gasteiger partial charge in [0.1, 0.15) is 0 Å². The topological polar surface area (TPSA) is 54.7 Å². The molecule has 1 spiro atoms. The van der Waals surface area contributed by atoms with Crippen molar-refractivity contribution in [2.24, 2.45) is 17.5 Å². The van der Waals surface area contributed by atoms with Crippen LogP contribution in [0.2, 0.25) is 0 Å². The third kappa shape index (κ3) is 3.22. The first kappa shape index (κ1) is 16.3. The Hall–Kier alpha value is -1.56. The van der Waals surface area contributed by atoms with Gasteiger partial charge in [-0.3, -0.25) is 9.67 Å². The molecule has 0 bridgehead atoms. The monoisotopic (exact) mass is 319 g/mol. The maximum atomic E-state index is 5.54. The van der Waals surface area contributed by atoms with Gasteiger partial charge in [0.05, 0.1) is 5.69 Å². The van der Waals surface area contributed by atoms with E-state index >= 15 is 0 Å². The second-order valence-electron chi connectivity index (χ2n) is 6.96. The number of nitrogens with one attached hydrogen (secondary N) is 1. The van der Waals surface area contributed by atoms with Crippen molar-refractivity contribution in [2.45, 2.75) is 39.7 Å². The van der Waals surface area contributed by atoms with Crippen LogP contribution < -0.4 is 5.32 Å². The van der Waals surface area contributed by atoms with Crippen LogP contribution in [0.1, 0.15) is 36.2 Å². The van der Waals surface area contributed by atoms with Crippen LogP contribution >= 0.6 is 0 Å². The van der Waals surface area contributed by atoms with Crippen molar-refractivity contribution in [2.75, 3.05) is 33.4 Å². The summed E-state index contributed by atoms with van der Waals surface area (Å²) in [6, 6.07) is 0. The van der Waals surface area contributed by atoms with Gasteiger partial charge in [-0.1, -0.05) is 0 Å². The second-order valence-corrected chi connectivity index (χ2v) is 6.96. The number of aliphatic imine (C=N–C) groups is 1. The summed E-state index contributed by atoms with van der Waals surface area (Å²) >= 11 is 0. The summed E-state index contributed by atoms with van der Waals surface area (Å²) in [5.74, 6) is 1.01. The van der Waals surface area contributed by atoms with Crippen molar-refractivity contribution in [3.05, 3.63) is 17.0 Å². The summed E-state index contributed by atoms with van der Waals surface area (Å²) in [4.78, 5) is 6.91. The van der Waals surface area contributed by atoms with E-state index < -0.39 is 0 Å². The molecule has 0 radical (unpaired) electrons. The van der Waals surface area contributed by atoms with Gasteiger partial charge in [0.2, 0.25) is 0 Å². The van der Waals surface area contributed by atoms with Crippen LogP contribution in [0.15, 0.2) is 4.99 Å². The fourth-order valence-corrected chi connectivity index (χ4v) is 3.90. The Morgan fingerprint density at radius 2 is 2.04 bits per heavy atom. The summed E-state index contributed by atoms with van der Waals surface area (Å²) in [6.45, 7) is 8.98. The standard InChI is InChI=1S/C17H29N5O/c1-13-15(14(2)21(4)20-13)11-19-16(18-3)22-8-5-17(12-22)6-9-23-10-7-17/h5-12H2,1-4H3,(H,18,19). The minimum Gasteiger partial charge on any atom is -0.381 e. The van der Waals surface area contributed by atoms with E-state index in [-0.39, 0.29) is 0 Å². The molecule has 0 aliphatic carbocycles. The van der Waals surface area contributed by atoms with Crippen molar-refractivity contribution < 1.29 is 4.74 Å². The summed E-state index contributed by atoms with van der Waals surface area (Å²) in [5.41, 5.74) is 4.02. The highest BCUT2D eigenvalue weighted by molar-refractivity contribution is 5.80. The molecule has 3 rings (SSSR count). The summed E-state index contributed by atoms with van der Waals surface area (Å²) in [7, 11) is 3.87. The molecule has 2 aliphatic heterocycles. The number of hydrogen-bond acceptors (Lipinski definition) is 3. The number of guanidine groups is 1. The van der Waals surface area contributed by atoms with E-state index in [0.717, 1.165) is 44.5 Å². The average Bonchev–Trinajstić information content (AvgIpc) is 3.04. The Balaban J connectivity index is 1.63. The van der Waals surface area contributed by atoms with Crippen molar-refractivity contribution in [1.82, 2.24) is 20.0 Å². The number of hydrogen-bond donors (Lipinski definition) is 1. The summed E-state index contributed by atoms with van der Waals surface area (Å²) < 4.78 is 7.49. The van der Waals surface area contributed by atoms with Gasteiger partial charge in [0.25, 0.3) is 0 Å². The lowest BCUT2D eigenvalue weighted by Crippen LogP contribution is -2.42. The maximum Gasteiger partial charge on any atom is 0.193 e. The number of likely N-dealkylation sites (tertiary alicyclic amines) is 1. The fourth-order valence-electron chi connectivity index (χ4n) is 3.90. The van der Waals surface area contributed by atoms with Gasteiger partial charge in [0.15, 0.2) is 5.96 Å². The van der Waals surface area contributed by atoms with Crippen LogP contribution in [0.25, 0.3) is 0 Å². The molecule has 0 atom stereocenters. The molecule has 2 fully saturated rings. The van der Waals surface area contributed by atoms with Crippen LogP contribution in [0.3, 0.4) is 0 Å². The van der Waals surface area contributed by atoms with Crippen molar-refractivity contribution in [3.8, 4) is 0 Å². The van der Waals surface area contributed by atoms with E-state index in [1.165, 1.54) is 30.5 Å². The number of aryl methyl sites for hydroxylation is 2. The molecule has 0 amide bonds. The zero-order valence-corrected chi connectivity index (χ0v) is 14.9. The number of rotatable bonds is 2. The number of ether oxygens (including phenoxy) is 1. The third-order valence-electron chi connectivity index (χ3n) is 5.59. The molecule has 3 heterocycles. The predicted molar refractivity (Wildman–Crippen MR) is 91.6 cm³/mol. The largest absolute Gasteiger partial charge is 0.381 e. The van der Waals surface area contributed by atoms with Gasteiger partial charge < -0.3 is 15.0 Å². The Bertz CT molecular complexity index is 586. The first-order valence-corrected chi connectivity index (χ1v) is 8.57. The van der Waals surface area contributed by atoms with E-state index in [2.05, 4.69) is 34.2 Å². The molecule has 6 heteroatoms. The maximum absolute atomic E-state index is 5.54. The molecule has 1 aromatic rings. The summed E-state index contributed by atoms with van der Waals surface area (Å²) in [5, 5.41) is 8.03. The lowest BCUT2D eigenvalue weighted by atomic mass is 9.80. The van der Waals surface area contributed by atoms with Crippen LogP contribution in [-0.2, 0) is 18.3 Å². The SMILES string of the molecule is CN=C(NCc1c(C)nn(C)c1C)N1CCC2(CCOCC2)C1. The molecule has 6 nitrogen and oxygen atoms in total. The molecule has 2 saturated heterocycles. The first-order valence-electron chi connectivity index (χ1n) is 8.57. The second kappa shape index (κ2) is 6.51. The van der Waals surface area contributed by atoms with Gasteiger partial charge >= 0.3 is 0 Å². The highest BCUT2D eigenvalue weighted by Gasteiger charge is 2.40. The number of aromatic nitrogens is 2. The molecule has 0 unspecified atom stereocenters. The van der Waals surface area contributed by atoms with Gasteiger partial charge in [-0.25, -0.2) is 0 Å². The smallest absolute Gasteiger partial charge is 0.193 e. The minimum absolute atomic E-state index is 0.440. The van der Waals surface area contributed by atoms with Crippen molar-refractivity contribution >= 4 is 5.96 Å². The van der Waals surface area contributed by atoms with Gasteiger partial charge in [-0.2, -0.15) is 5.10 Å². The van der Waals surface area contributed by atoms with E-state index in [1.807, 2.05) is 18.8 Å². The van der Waals surface area contributed by atoms with Gasteiger partial charge in [-0.15, -0.1) is 0 Å². The Morgan fingerprint density at radius 1 is 1.30 bits per heavy atom. The lowest BCUT2D eigenvalue weighted by molar-refractivity contribution is 0.0217. The zero-order valence-electron chi connectivity index (χ0n) is 14.9. The Labute approximate surface area is 138 Å². The highest BCUT2D eigenvalue weighted by atomic mass is 16.5. The average molecular weight is 319 g/mol. The molecule has 2 aliphatic rings. The van der Waals surface area contributed by atoms with E-state index in [9.17, 15) is 0 Å². The number of nitrogens with zero attached hydrogens (tertiary/aromatic N) is 4. The fraction of sp³-hybridized carbons (Fsp3) is 0.765. The quantitative estimate of drug-likeness (QED) is 0.665. The first-order chi connectivity index (χ1) is 11.0. The third-order valence-corrected chi connectivity index (χ3v) is 5.59. The van der Waals surface area contributed by atoms with E-state index in [0.29, 0.717) is 5.41 Å². The summed E-state index contributed by atoms with van der Waals surface area (Å²) in [6.07, 6.45) is 3.62. The van der Waals surface area contributed by atoms with E-state index in [1.54, 1.807) is 0 Å². The van der Waals surface area contributed by atoms with E-state index in [4.69, 9.17) is 4.74 Å². The minimum atomic E-state index is 0.440. The molecule has 23 heavy (non-hydrogen) atoms. The molecule has 1 N–H and O–H groups in total. The van der Waals surface area contributed by atoms with Crippen LogP contribution in [0.4, 0.5) is 0 Å². The van der Waals surface area contributed by atoms with Crippen molar-refractivity contribution in [1.29, 1.82) is 0 Å². The van der Waals surface area contributed by atoms with Crippen LogP contribution in [-0.4, -0.2) is 54.0 Å². The normalized spacial score (nSPS) is 21.2. The molecular weight excluding hydrogens is 290 g/mol. The molecule has 0 aromatic carbocycles. The van der Waals surface area contributed by atoms with Crippen LogP contribution in [0, 0.1) is 19.3 Å². The zero-order chi connectivity index (χ0) is 16.4. The van der Waals surface area contributed by atoms with Gasteiger partial charge in [0, 0.05) is 58.2 Å². The Morgan fingerprint density at radius 3 is 2.65 bits per heavy atom. The van der Waals surface area contributed by atoms with Gasteiger partial charge in [-0.05, 0) is 38.5 Å². The Kier molecular flexibility index (Phi) is 4.62. The molecule has 128 valence electrons. The van der Waals surface area contributed by atoms with Crippen molar-refractivity contribution in [3.63, 3.8) is 0 Å². The molecule has 0 saturated carbocycles. The highest BCUT2D eigenvalue weighted by Crippen LogP contribution is 2.39.